The van der Waals surface area contributed by atoms with Crippen LogP contribution in [0, 0.1) is 0 Å². The number of benzene rings is 1. The molecule has 2 aromatic heterocycles. The summed E-state index contributed by atoms with van der Waals surface area (Å²) >= 11 is 6.12. The third kappa shape index (κ3) is 4.08. The highest BCUT2D eigenvalue weighted by Gasteiger charge is 2.06. The van der Waals surface area contributed by atoms with Crippen LogP contribution >= 0.6 is 11.6 Å². The van der Waals surface area contributed by atoms with E-state index in [4.69, 9.17) is 11.6 Å². The molecule has 0 aliphatic rings. The van der Waals surface area contributed by atoms with Crippen LogP contribution in [0.4, 0.5) is 11.5 Å². The van der Waals surface area contributed by atoms with E-state index in [-0.39, 0.29) is 5.91 Å². The molecule has 0 unspecified atom stereocenters. The van der Waals surface area contributed by atoms with E-state index in [1.54, 1.807) is 36.7 Å². The molecule has 1 amide bonds. The molecule has 24 heavy (non-hydrogen) atoms. The van der Waals surface area contributed by atoms with Crippen LogP contribution in [0.5, 0.6) is 0 Å². The molecule has 0 atom stereocenters. The monoisotopic (exact) mass is 338 g/mol. The predicted octanol–water partition coefficient (Wildman–Crippen LogP) is 3.99. The number of carbonyl (C=O) groups excluding carboxylic acids is 1. The van der Waals surface area contributed by atoms with Gasteiger partial charge in [-0.25, -0.2) is 4.98 Å². The van der Waals surface area contributed by atoms with Gasteiger partial charge in [0.1, 0.15) is 5.82 Å². The Balaban J connectivity index is 1.59. The first kappa shape index (κ1) is 16.0. The van der Waals surface area contributed by atoms with Crippen LogP contribution in [-0.4, -0.2) is 15.9 Å². The van der Waals surface area contributed by atoms with E-state index in [9.17, 15) is 4.79 Å². The summed E-state index contributed by atoms with van der Waals surface area (Å²) < 4.78 is 0. The van der Waals surface area contributed by atoms with Gasteiger partial charge in [-0.3, -0.25) is 9.78 Å². The fourth-order valence-corrected chi connectivity index (χ4v) is 2.30. The molecule has 3 rings (SSSR count). The molecular formula is C18H15ClN4O. The molecule has 0 fully saturated rings. The number of hydrogen-bond donors (Lipinski definition) is 2. The standard InChI is InChI=1S/C18H15ClN4O/c19-16-6-2-1-4-13(16)11-21-17-8-7-15(12-22-17)23-18(24)14-5-3-9-20-10-14/h1-10,12H,11H2,(H,21,22)(H,23,24). The zero-order chi connectivity index (χ0) is 16.8. The van der Waals surface area contributed by atoms with Gasteiger partial charge in [0.2, 0.25) is 0 Å². The van der Waals surface area contributed by atoms with Crippen LogP contribution < -0.4 is 10.6 Å². The van der Waals surface area contributed by atoms with Gasteiger partial charge in [-0.15, -0.1) is 0 Å². The van der Waals surface area contributed by atoms with Crippen molar-refractivity contribution in [3.8, 4) is 0 Å². The third-order valence-electron chi connectivity index (χ3n) is 3.36. The number of halogens is 1. The highest BCUT2D eigenvalue weighted by atomic mass is 35.5. The predicted molar refractivity (Wildman–Crippen MR) is 95.2 cm³/mol. The van der Waals surface area contributed by atoms with Gasteiger partial charge in [0.05, 0.1) is 17.4 Å². The van der Waals surface area contributed by atoms with Crippen LogP contribution in [0.3, 0.4) is 0 Å². The maximum absolute atomic E-state index is 12.0. The lowest BCUT2D eigenvalue weighted by Gasteiger charge is -2.09. The van der Waals surface area contributed by atoms with E-state index in [0.717, 1.165) is 5.56 Å². The highest BCUT2D eigenvalue weighted by molar-refractivity contribution is 6.31. The van der Waals surface area contributed by atoms with Crippen molar-refractivity contribution in [3.05, 3.63) is 83.3 Å². The van der Waals surface area contributed by atoms with Gasteiger partial charge in [0.15, 0.2) is 0 Å². The van der Waals surface area contributed by atoms with Crippen molar-refractivity contribution in [2.45, 2.75) is 6.54 Å². The molecule has 2 heterocycles. The Hall–Kier alpha value is -2.92. The van der Waals surface area contributed by atoms with E-state index < -0.39 is 0 Å². The first-order valence-electron chi connectivity index (χ1n) is 7.37. The van der Waals surface area contributed by atoms with E-state index in [2.05, 4.69) is 20.6 Å². The number of pyridine rings is 2. The van der Waals surface area contributed by atoms with Crippen LogP contribution in [0.25, 0.3) is 0 Å². The van der Waals surface area contributed by atoms with Crippen molar-refractivity contribution in [1.29, 1.82) is 0 Å². The van der Waals surface area contributed by atoms with Crippen molar-refractivity contribution in [2.24, 2.45) is 0 Å². The fourth-order valence-electron chi connectivity index (χ4n) is 2.10. The summed E-state index contributed by atoms with van der Waals surface area (Å²) in [4.78, 5) is 20.2. The molecule has 0 aliphatic heterocycles. The topological polar surface area (TPSA) is 66.9 Å². The summed E-state index contributed by atoms with van der Waals surface area (Å²) in [5.41, 5.74) is 2.11. The lowest BCUT2D eigenvalue weighted by atomic mass is 10.2. The van der Waals surface area contributed by atoms with Gasteiger partial charge < -0.3 is 10.6 Å². The molecule has 0 aliphatic carbocycles. The lowest BCUT2D eigenvalue weighted by molar-refractivity contribution is 0.102. The maximum atomic E-state index is 12.0. The van der Waals surface area contributed by atoms with Crippen LogP contribution in [0.15, 0.2) is 67.1 Å². The molecule has 0 spiro atoms. The minimum Gasteiger partial charge on any atom is -0.366 e. The minimum absolute atomic E-state index is 0.221. The second kappa shape index (κ2) is 7.57. The first-order valence-corrected chi connectivity index (χ1v) is 7.75. The smallest absolute Gasteiger partial charge is 0.257 e. The average molecular weight is 339 g/mol. The molecule has 0 saturated carbocycles. The lowest BCUT2D eigenvalue weighted by Crippen LogP contribution is -2.12. The van der Waals surface area contributed by atoms with E-state index in [1.807, 2.05) is 24.3 Å². The van der Waals surface area contributed by atoms with Crippen molar-refractivity contribution in [3.63, 3.8) is 0 Å². The Morgan fingerprint density at radius 3 is 2.62 bits per heavy atom. The van der Waals surface area contributed by atoms with E-state index in [0.29, 0.717) is 28.6 Å². The summed E-state index contributed by atoms with van der Waals surface area (Å²) in [5, 5.41) is 6.69. The van der Waals surface area contributed by atoms with E-state index in [1.165, 1.54) is 6.20 Å². The molecule has 0 saturated heterocycles. The Kier molecular flexibility index (Phi) is 5.03. The second-order valence-corrected chi connectivity index (χ2v) is 5.48. The summed E-state index contributed by atoms with van der Waals surface area (Å²) in [6.45, 7) is 0.577. The molecule has 1 aromatic carbocycles. The van der Waals surface area contributed by atoms with Crippen molar-refractivity contribution < 1.29 is 4.79 Å². The van der Waals surface area contributed by atoms with Crippen LogP contribution in [0.1, 0.15) is 15.9 Å². The largest absolute Gasteiger partial charge is 0.366 e. The number of hydrogen-bond acceptors (Lipinski definition) is 4. The van der Waals surface area contributed by atoms with Crippen molar-refractivity contribution in [1.82, 2.24) is 9.97 Å². The molecular weight excluding hydrogens is 324 g/mol. The number of carbonyl (C=O) groups is 1. The van der Waals surface area contributed by atoms with Crippen LogP contribution in [-0.2, 0) is 6.54 Å². The molecule has 5 nitrogen and oxygen atoms in total. The Morgan fingerprint density at radius 2 is 1.92 bits per heavy atom. The second-order valence-electron chi connectivity index (χ2n) is 5.07. The van der Waals surface area contributed by atoms with Gasteiger partial charge in [-0.2, -0.15) is 0 Å². The highest BCUT2D eigenvalue weighted by Crippen LogP contribution is 2.17. The zero-order valence-electron chi connectivity index (χ0n) is 12.7. The van der Waals surface area contributed by atoms with Gasteiger partial charge in [-0.1, -0.05) is 29.8 Å². The quantitative estimate of drug-likeness (QED) is 0.738. The molecule has 3 aromatic rings. The maximum Gasteiger partial charge on any atom is 0.257 e. The number of nitrogens with one attached hydrogen (secondary N) is 2. The van der Waals surface area contributed by atoms with Gasteiger partial charge >= 0.3 is 0 Å². The molecule has 0 bridgehead atoms. The van der Waals surface area contributed by atoms with E-state index >= 15 is 0 Å². The summed E-state index contributed by atoms with van der Waals surface area (Å²) in [5.74, 6) is 0.482. The Labute approximate surface area is 144 Å². The summed E-state index contributed by atoms with van der Waals surface area (Å²) in [7, 11) is 0. The number of rotatable bonds is 5. The Morgan fingerprint density at radius 1 is 1.04 bits per heavy atom. The Bertz CT molecular complexity index is 822. The van der Waals surface area contributed by atoms with Crippen molar-refractivity contribution in [2.75, 3.05) is 10.6 Å². The fraction of sp³-hybridized carbons (Fsp3) is 0.0556. The summed E-state index contributed by atoms with van der Waals surface area (Å²) in [6.07, 6.45) is 4.74. The first-order chi connectivity index (χ1) is 11.7. The van der Waals surface area contributed by atoms with Crippen molar-refractivity contribution >= 4 is 29.0 Å². The third-order valence-corrected chi connectivity index (χ3v) is 3.73. The molecule has 0 radical (unpaired) electrons. The SMILES string of the molecule is O=C(Nc1ccc(NCc2ccccc2Cl)nc1)c1cccnc1. The molecule has 2 N–H and O–H groups in total. The molecule has 6 heteroatoms. The number of anilines is 2. The van der Waals surface area contributed by atoms with Crippen LogP contribution in [0.2, 0.25) is 5.02 Å². The average Bonchev–Trinajstić information content (AvgIpc) is 2.63. The van der Waals surface area contributed by atoms with Gasteiger partial charge in [0, 0.05) is 24.0 Å². The number of aromatic nitrogens is 2. The summed E-state index contributed by atoms with van der Waals surface area (Å²) in [6, 6.07) is 14.6. The van der Waals surface area contributed by atoms with Gasteiger partial charge in [0.25, 0.3) is 5.91 Å². The number of nitrogens with zero attached hydrogens (tertiary/aromatic N) is 2. The minimum atomic E-state index is -0.221. The zero-order valence-corrected chi connectivity index (χ0v) is 13.5. The number of amides is 1. The normalized spacial score (nSPS) is 10.2. The van der Waals surface area contributed by atoms with Gasteiger partial charge in [-0.05, 0) is 35.9 Å². The molecule has 120 valence electrons.